The highest BCUT2D eigenvalue weighted by Gasteiger charge is 2.09. The van der Waals surface area contributed by atoms with Gasteiger partial charge in [-0.1, -0.05) is 30.3 Å². The summed E-state index contributed by atoms with van der Waals surface area (Å²) in [5.41, 5.74) is 0.933. The highest BCUT2D eigenvalue weighted by atomic mass is 32.2. The van der Waals surface area contributed by atoms with Crippen molar-refractivity contribution in [3.63, 3.8) is 0 Å². The van der Waals surface area contributed by atoms with Gasteiger partial charge in [-0.05, 0) is 29.8 Å². The van der Waals surface area contributed by atoms with Crippen LogP contribution in [0.4, 0.5) is 4.39 Å². The molecule has 0 aliphatic heterocycles. The van der Waals surface area contributed by atoms with Gasteiger partial charge in [0.25, 0.3) is 0 Å². The zero-order chi connectivity index (χ0) is 15.1. The van der Waals surface area contributed by atoms with Gasteiger partial charge in [0, 0.05) is 30.7 Å². The molecule has 0 saturated carbocycles. The van der Waals surface area contributed by atoms with Crippen LogP contribution >= 0.6 is 11.8 Å². The summed E-state index contributed by atoms with van der Waals surface area (Å²) in [6, 6.07) is 16.3. The summed E-state index contributed by atoms with van der Waals surface area (Å²) in [7, 11) is 1.78. The molecule has 0 atom stereocenters. The zero-order valence-corrected chi connectivity index (χ0v) is 12.8. The van der Waals surface area contributed by atoms with E-state index in [-0.39, 0.29) is 11.7 Å². The number of rotatable bonds is 6. The van der Waals surface area contributed by atoms with Crippen LogP contribution in [0.2, 0.25) is 0 Å². The molecule has 0 saturated heterocycles. The maximum atomic E-state index is 12.8. The number of hydrogen-bond donors (Lipinski definition) is 0. The minimum Gasteiger partial charge on any atom is -0.341 e. The molecular weight excluding hydrogens is 285 g/mol. The van der Waals surface area contributed by atoms with Crippen LogP contribution in [0, 0.1) is 5.82 Å². The predicted octanol–water partition coefficient (Wildman–Crippen LogP) is 3.97. The molecule has 21 heavy (non-hydrogen) atoms. The molecule has 2 rings (SSSR count). The smallest absolute Gasteiger partial charge is 0.223 e. The van der Waals surface area contributed by atoms with Crippen LogP contribution in [0.1, 0.15) is 12.0 Å². The Morgan fingerprint density at radius 3 is 2.43 bits per heavy atom. The van der Waals surface area contributed by atoms with Crippen molar-refractivity contribution in [3.8, 4) is 0 Å². The molecule has 1 amide bonds. The van der Waals surface area contributed by atoms with Gasteiger partial charge in [-0.2, -0.15) is 0 Å². The van der Waals surface area contributed by atoms with E-state index in [2.05, 4.69) is 0 Å². The van der Waals surface area contributed by atoms with E-state index in [9.17, 15) is 9.18 Å². The Morgan fingerprint density at radius 1 is 1.10 bits per heavy atom. The third kappa shape index (κ3) is 5.23. The number of benzene rings is 2. The van der Waals surface area contributed by atoms with Gasteiger partial charge in [-0.3, -0.25) is 4.79 Å². The first-order valence-electron chi connectivity index (χ1n) is 6.81. The third-order valence-electron chi connectivity index (χ3n) is 3.09. The van der Waals surface area contributed by atoms with E-state index in [0.717, 1.165) is 11.3 Å². The average molecular weight is 303 g/mol. The number of nitrogens with zero attached hydrogens (tertiary/aromatic N) is 1. The van der Waals surface area contributed by atoms with Gasteiger partial charge in [0.15, 0.2) is 0 Å². The normalized spacial score (nSPS) is 10.4. The molecule has 2 nitrogen and oxygen atoms in total. The third-order valence-corrected chi connectivity index (χ3v) is 4.10. The van der Waals surface area contributed by atoms with E-state index in [1.54, 1.807) is 35.8 Å². The summed E-state index contributed by atoms with van der Waals surface area (Å²) in [4.78, 5) is 14.9. The molecule has 0 unspecified atom stereocenters. The summed E-state index contributed by atoms with van der Waals surface area (Å²) in [6.07, 6.45) is 0.497. The highest BCUT2D eigenvalue weighted by Crippen LogP contribution is 2.18. The van der Waals surface area contributed by atoms with Gasteiger partial charge in [-0.25, -0.2) is 4.39 Å². The van der Waals surface area contributed by atoms with E-state index < -0.39 is 0 Å². The molecule has 0 bridgehead atoms. The molecule has 0 spiro atoms. The monoisotopic (exact) mass is 303 g/mol. The number of thioether (sulfide) groups is 1. The summed E-state index contributed by atoms with van der Waals surface area (Å²) in [6.45, 7) is 0.509. The largest absolute Gasteiger partial charge is 0.341 e. The predicted molar refractivity (Wildman–Crippen MR) is 84.7 cm³/mol. The SMILES string of the molecule is CN(Cc1ccc(F)cc1)C(=O)CCSc1ccccc1. The van der Waals surface area contributed by atoms with Crippen molar-refractivity contribution < 1.29 is 9.18 Å². The van der Waals surface area contributed by atoms with Crippen LogP contribution in [-0.4, -0.2) is 23.6 Å². The van der Waals surface area contributed by atoms with E-state index in [1.807, 2.05) is 30.3 Å². The quantitative estimate of drug-likeness (QED) is 0.753. The fraction of sp³-hybridized carbons (Fsp3) is 0.235. The number of halogens is 1. The first-order valence-corrected chi connectivity index (χ1v) is 7.80. The van der Waals surface area contributed by atoms with Crippen LogP contribution < -0.4 is 0 Å². The van der Waals surface area contributed by atoms with Gasteiger partial charge in [0.1, 0.15) is 5.82 Å². The second-order valence-corrected chi connectivity index (χ2v) is 5.96. The fourth-order valence-corrected chi connectivity index (χ4v) is 2.78. The molecule has 2 aromatic rings. The van der Waals surface area contributed by atoms with Crippen LogP contribution in [0.3, 0.4) is 0 Å². The van der Waals surface area contributed by atoms with Crippen LogP contribution in [0.25, 0.3) is 0 Å². The zero-order valence-electron chi connectivity index (χ0n) is 12.0. The summed E-state index contributed by atoms with van der Waals surface area (Å²) in [5.74, 6) is 0.603. The van der Waals surface area contributed by atoms with Crippen molar-refractivity contribution in [1.82, 2.24) is 4.90 Å². The molecule has 0 aliphatic rings. The molecular formula is C17H18FNOS. The van der Waals surface area contributed by atoms with Crippen molar-refractivity contribution in [1.29, 1.82) is 0 Å². The molecule has 0 aliphatic carbocycles. The summed E-state index contributed by atoms with van der Waals surface area (Å²) in [5, 5.41) is 0. The molecule has 4 heteroatoms. The van der Waals surface area contributed by atoms with Crippen molar-refractivity contribution in [2.45, 2.75) is 17.9 Å². The molecule has 0 fully saturated rings. The number of carbonyl (C=O) groups excluding carboxylic acids is 1. The number of carbonyl (C=O) groups is 1. The second-order valence-electron chi connectivity index (χ2n) is 4.79. The van der Waals surface area contributed by atoms with E-state index in [4.69, 9.17) is 0 Å². The van der Waals surface area contributed by atoms with Crippen molar-refractivity contribution >= 4 is 17.7 Å². The van der Waals surface area contributed by atoms with Gasteiger partial charge in [0.05, 0.1) is 0 Å². The summed E-state index contributed by atoms with van der Waals surface area (Å²) < 4.78 is 12.8. The molecule has 0 heterocycles. The van der Waals surface area contributed by atoms with Gasteiger partial charge in [0.2, 0.25) is 5.91 Å². The van der Waals surface area contributed by atoms with Gasteiger partial charge in [-0.15, -0.1) is 11.8 Å². The van der Waals surface area contributed by atoms with Crippen LogP contribution in [-0.2, 0) is 11.3 Å². The second kappa shape index (κ2) is 7.84. The Balaban J connectivity index is 1.76. The first-order chi connectivity index (χ1) is 10.1. The lowest BCUT2D eigenvalue weighted by Gasteiger charge is -2.17. The Kier molecular flexibility index (Phi) is 5.81. The molecule has 0 N–H and O–H groups in total. The Labute approximate surface area is 129 Å². The fourth-order valence-electron chi connectivity index (χ4n) is 1.92. The molecule has 0 aromatic heterocycles. The molecule has 2 aromatic carbocycles. The number of amides is 1. The first kappa shape index (κ1) is 15.6. The minimum absolute atomic E-state index is 0.0998. The molecule has 110 valence electrons. The Bertz CT molecular complexity index is 571. The van der Waals surface area contributed by atoms with Gasteiger partial charge < -0.3 is 4.90 Å². The van der Waals surface area contributed by atoms with E-state index in [1.165, 1.54) is 17.0 Å². The lowest BCUT2D eigenvalue weighted by atomic mass is 10.2. The van der Waals surface area contributed by atoms with Crippen molar-refractivity contribution in [3.05, 3.63) is 66.0 Å². The highest BCUT2D eigenvalue weighted by molar-refractivity contribution is 7.99. The standard InChI is InChI=1S/C17H18FNOS/c1-19(13-14-7-9-15(18)10-8-14)17(20)11-12-21-16-5-3-2-4-6-16/h2-10H,11-13H2,1H3. The average Bonchev–Trinajstić information content (AvgIpc) is 2.50. The maximum Gasteiger partial charge on any atom is 0.223 e. The van der Waals surface area contributed by atoms with Crippen molar-refractivity contribution in [2.75, 3.05) is 12.8 Å². The minimum atomic E-state index is -0.257. The van der Waals surface area contributed by atoms with E-state index >= 15 is 0 Å². The lowest BCUT2D eigenvalue weighted by Crippen LogP contribution is -2.26. The lowest BCUT2D eigenvalue weighted by molar-refractivity contribution is -0.129. The van der Waals surface area contributed by atoms with Crippen LogP contribution in [0.15, 0.2) is 59.5 Å². The van der Waals surface area contributed by atoms with Crippen LogP contribution in [0.5, 0.6) is 0 Å². The Hall–Kier alpha value is -1.81. The summed E-state index contributed by atoms with van der Waals surface area (Å²) >= 11 is 1.68. The Morgan fingerprint density at radius 2 is 1.76 bits per heavy atom. The van der Waals surface area contributed by atoms with Crippen molar-refractivity contribution in [2.24, 2.45) is 0 Å². The van der Waals surface area contributed by atoms with Gasteiger partial charge >= 0.3 is 0 Å². The van der Waals surface area contributed by atoms with E-state index in [0.29, 0.717) is 13.0 Å². The molecule has 0 radical (unpaired) electrons. The number of hydrogen-bond acceptors (Lipinski definition) is 2. The topological polar surface area (TPSA) is 20.3 Å². The maximum absolute atomic E-state index is 12.8.